The fourth-order valence-electron chi connectivity index (χ4n) is 2.93. The molecule has 0 aliphatic heterocycles. The second kappa shape index (κ2) is 7.22. The number of benzene rings is 3. The fourth-order valence-corrected chi connectivity index (χ4v) is 2.93. The number of carbonyl (C=O) groups is 2. The Morgan fingerprint density at radius 1 is 0.852 bits per heavy atom. The van der Waals surface area contributed by atoms with Gasteiger partial charge in [0.15, 0.2) is 6.29 Å². The molecule has 0 unspecified atom stereocenters. The van der Waals surface area contributed by atoms with Crippen LogP contribution in [0.4, 0.5) is 0 Å². The minimum absolute atomic E-state index is 0.236. The zero-order chi connectivity index (χ0) is 18.6. The quantitative estimate of drug-likeness (QED) is 0.296. The lowest BCUT2D eigenvalue weighted by atomic mass is 10.0. The van der Waals surface area contributed by atoms with E-state index in [1.54, 1.807) is 30.3 Å². The summed E-state index contributed by atoms with van der Waals surface area (Å²) in [5, 5.41) is 0.700. The molecule has 27 heavy (non-hydrogen) atoms. The van der Waals surface area contributed by atoms with Gasteiger partial charge in [0.1, 0.15) is 5.75 Å². The normalized spacial score (nSPS) is 10.5. The number of pyridine rings is 1. The van der Waals surface area contributed by atoms with Crippen molar-refractivity contribution in [3.05, 3.63) is 96.1 Å². The molecule has 0 saturated heterocycles. The maximum absolute atomic E-state index is 12.9. The highest BCUT2D eigenvalue weighted by Gasteiger charge is 2.17. The Bertz CT molecular complexity index is 1140. The van der Waals surface area contributed by atoms with Crippen molar-refractivity contribution in [3.63, 3.8) is 0 Å². The van der Waals surface area contributed by atoms with E-state index >= 15 is 0 Å². The maximum atomic E-state index is 12.9. The third-order valence-electron chi connectivity index (χ3n) is 4.25. The van der Waals surface area contributed by atoms with E-state index in [0.29, 0.717) is 34.0 Å². The van der Waals surface area contributed by atoms with E-state index < -0.39 is 5.97 Å². The summed E-state index contributed by atoms with van der Waals surface area (Å²) in [6.07, 6.45) is 0.669. The molecule has 0 atom stereocenters. The van der Waals surface area contributed by atoms with Crippen LogP contribution in [0, 0.1) is 0 Å². The summed E-state index contributed by atoms with van der Waals surface area (Å²) in [6.45, 7) is 0. The number of nitrogens with zero attached hydrogens (tertiary/aromatic N) is 1. The molecule has 0 aliphatic rings. The molecular weight excluding hydrogens is 338 g/mol. The van der Waals surface area contributed by atoms with Crippen LogP contribution in [0.5, 0.6) is 5.75 Å². The van der Waals surface area contributed by atoms with Crippen molar-refractivity contribution >= 4 is 23.2 Å². The number of aldehydes is 1. The summed E-state index contributed by atoms with van der Waals surface area (Å²) in [6, 6.07) is 25.4. The number of carbonyl (C=O) groups excluding carboxylic acids is 2. The smallest absolute Gasteiger partial charge is 0.344 e. The van der Waals surface area contributed by atoms with Gasteiger partial charge in [0, 0.05) is 10.9 Å². The molecular formula is C23H15NO3. The van der Waals surface area contributed by atoms with Gasteiger partial charge in [-0.05, 0) is 24.3 Å². The molecule has 0 fully saturated rings. The van der Waals surface area contributed by atoms with E-state index in [-0.39, 0.29) is 5.75 Å². The number of hydrogen-bond acceptors (Lipinski definition) is 4. The molecule has 0 N–H and O–H groups in total. The Hall–Kier alpha value is -3.79. The SMILES string of the molecule is O=Cc1ccccc1OC(=O)c1cc(-c2ccccc2)nc2ccccc12. The molecule has 0 radical (unpaired) electrons. The molecule has 0 amide bonds. The second-order valence-corrected chi connectivity index (χ2v) is 5.98. The van der Waals surface area contributed by atoms with Crippen molar-refractivity contribution in [3.8, 4) is 17.0 Å². The minimum Gasteiger partial charge on any atom is -0.422 e. The Morgan fingerprint density at radius 3 is 2.37 bits per heavy atom. The third-order valence-corrected chi connectivity index (χ3v) is 4.25. The van der Waals surface area contributed by atoms with Gasteiger partial charge in [-0.3, -0.25) is 4.79 Å². The molecule has 4 rings (SSSR count). The van der Waals surface area contributed by atoms with Crippen molar-refractivity contribution in [1.82, 2.24) is 4.98 Å². The van der Waals surface area contributed by atoms with Gasteiger partial charge in [-0.15, -0.1) is 0 Å². The van der Waals surface area contributed by atoms with Gasteiger partial charge in [-0.25, -0.2) is 9.78 Å². The predicted molar refractivity (Wildman–Crippen MR) is 104 cm³/mol. The first-order valence-corrected chi connectivity index (χ1v) is 8.48. The molecule has 130 valence electrons. The van der Waals surface area contributed by atoms with Crippen LogP contribution in [0.1, 0.15) is 20.7 Å². The van der Waals surface area contributed by atoms with Gasteiger partial charge in [0.05, 0.1) is 22.3 Å². The first kappa shape index (κ1) is 16.7. The number of fused-ring (bicyclic) bond motifs is 1. The standard InChI is InChI=1S/C23H15NO3/c25-15-17-10-4-7-13-22(17)27-23(26)19-14-21(16-8-2-1-3-9-16)24-20-12-6-5-11-18(19)20/h1-15H. The molecule has 4 nitrogen and oxygen atoms in total. The van der Waals surface area contributed by atoms with Crippen molar-refractivity contribution < 1.29 is 14.3 Å². The highest BCUT2D eigenvalue weighted by atomic mass is 16.5. The van der Waals surface area contributed by atoms with Crippen molar-refractivity contribution in [1.29, 1.82) is 0 Å². The molecule has 4 heteroatoms. The molecule has 0 bridgehead atoms. The van der Waals surface area contributed by atoms with Gasteiger partial charge >= 0.3 is 5.97 Å². The number of hydrogen-bond donors (Lipinski definition) is 0. The van der Waals surface area contributed by atoms with Crippen molar-refractivity contribution in [2.75, 3.05) is 0 Å². The van der Waals surface area contributed by atoms with Gasteiger partial charge in [-0.2, -0.15) is 0 Å². The van der Waals surface area contributed by atoms with Crippen LogP contribution in [-0.2, 0) is 0 Å². The Balaban J connectivity index is 1.82. The lowest BCUT2D eigenvalue weighted by Gasteiger charge is -2.11. The fraction of sp³-hybridized carbons (Fsp3) is 0. The molecule has 0 saturated carbocycles. The van der Waals surface area contributed by atoms with Crippen molar-refractivity contribution in [2.45, 2.75) is 0 Å². The van der Waals surface area contributed by atoms with E-state index in [4.69, 9.17) is 4.74 Å². The molecule has 0 spiro atoms. The van der Waals surface area contributed by atoms with Crippen LogP contribution in [-0.4, -0.2) is 17.2 Å². The average molecular weight is 353 g/mol. The van der Waals surface area contributed by atoms with E-state index in [0.717, 1.165) is 5.56 Å². The number of ether oxygens (including phenoxy) is 1. The number of para-hydroxylation sites is 2. The summed E-state index contributed by atoms with van der Waals surface area (Å²) >= 11 is 0. The summed E-state index contributed by atoms with van der Waals surface area (Å²) in [7, 11) is 0. The van der Waals surface area contributed by atoms with Crippen LogP contribution in [0.25, 0.3) is 22.2 Å². The Labute approximate surface area is 156 Å². The molecule has 4 aromatic rings. The molecule has 0 aliphatic carbocycles. The van der Waals surface area contributed by atoms with E-state index in [2.05, 4.69) is 4.98 Å². The monoisotopic (exact) mass is 353 g/mol. The Morgan fingerprint density at radius 2 is 1.56 bits per heavy atom. The van der Waals surface area contributed by atoms with Gasteiger partial charge in [-0.1, -0.05) is 60.7 Å². The topological polar surface area (TPSA) is 56.3 Å². The molecule has 1 heterocycles. The lowest BCUT2D eigenvalue weighted by Crippen LogP contribution is -2.11. The predicted octanol–water partition coefficient (Wildman–Crippen LogP) is 4.93. The highest BCUT2D eigenvalue weighted by Crippen LogP contribution is 2.26. The summed E-state index contributed by atoms with van der Waals surface area (Å²) in [5.41, 5.74) is 3.03. The van der Waals surface area contributed by atoms with Crippen LogP contribution in [0.15, 0.2) is 84.9 Å². The van der Waals surface area contributed by atoms with Gasteiger partial charge in [0.2, 0.25) is 0 Å². The van der Waals surface area contributed by atoms with Crippen molar-refractivity contribution in [2.24, 2.45) is 0 Å². The first-order valence-electron chi connectivity index (χ1n) is 8.48. The summed E-state index contributed by atoms with van der Waals surface area (Å²) < 4.78 is 5.52. The first-order chi connectivity index (χ1) is 13.3. The molecule has 3 aromatic carbocycles. The lowest BCUT2D eigenvalue weighted by molar-refractivity contribution is 0.0735. The Kier molecular flexibility index (Phi) is 4.45. The minimum atomic E-state index is -0.528. The second-order valence-electron chi connectivity index (χ2n) is 5.98. The van der Waals surface area contributed by atoms with Crippen LogP contribution in [0.3, 0.4) is 0 Å². The zero-order valence-electron chi connectivity index (χ0n) is 14.3. The molecule has 1 aromatic heterocycles. The van der Waals surface area contributed by atoms with E-state index in [1.165, 1.54) is 0 Å². The highest BCUT2D eigenvalue weighted by molar-refractivity contribution is 6.05. The third kappa shape index (κ3) is 3.33. The number of esters is 1. The summed E-state index contributed by atoms with van der Waals surface area (Å²) in [4.78, 5) is 28.8. The number of rotatable bonds is 4. The maximum Gasteiger partial charge on any atom is 0.344 e. The van der Waals surface area contributed by atoms with Gasteiger partial charge < -0.3 is 4.74 Å². The average Bonchev–Trinajstić information content (AvgIpc) is 2.74. The van der Waals surface area contributed by atoms with Crippen LogP contribution >= 0.6 is 0 Å². The van der Waals surface area contributed by atoms with Crippen LogP contribution in [0.2, 0.25) is 0 Å². The number of aromatic nitrogens is 1. The summed E-state index contributed by atoms with van der Waals surface area (Å²) in [5.74, 6) is -0.292. The van der Waals surface area contributed by atoms with Gasteiger partial charge in [0.25, 0.3) is 0 Å². The van der Waals surface area contributed by atoms with Crippen LogP contribution < -0.4 is 4.74 Å². The van der Waals surface area contributed by atoms with E-state index in [9.17, 15) is 9.59 Å². The van der Waals surface area contributed by atoms with E-state index in [1.807, 2.05) is 54.6 Å². The zero-order valence-corrected chi connectivity index (χ0v) is 14.3. The largest absolute Gasteiger partial charge is 0.422 e.